The fourth-order valence-corrected chi connectivity index (χ4v) is 5.04. The highest BCUT2D eigenvalue weighted by molar-refractivity contribution is 6.16. The zero-order chi connectivity index (χ0) is 34.9. The van der Waals surface area contributed by atoms with Gasteiger partial charge in [0, 0.05) is 90.6 Å². The van der Waals surface area contributed by atoms with E-state index in [9.17, 15) is 29.3 Å². The lowest BCUT2D eigenvalue weighted by atomic mass is 10.1. The van der Waals surface area contributed by atoms with Gasteiger partial charge in [-0.2, -0.15) is 0 Å². The van der Waals surface area contributed by atoms with Gasteiger partial charge in [-0.1, -0.05) is 6.07 Å². The van der Waals surface area contributed by atoms with Crippen molar-refractivity contribution in [3.8, 4) is 0 Å². The predicted molar refractivity (Wildman–Crippen MR) is 179 cm³/mol. The molecule has 248 valence electrons. The van der Waals surface area contributed by atoms with Gasteiger partial charge in [0.1, 0.15) is 0 Å². The van der Waals surface area contributed by atoms with Gasteiger partial charge in [0.2, 0.25) is 0 Å². The van der Waals surface area contributed by atoms with Gasteiger partial charge >= 0.3 is 18.1 Å². The first-order valence-electron chi connectivity index (χ1n) is 14.5. The van der Waals surface area contributed by atoms with Crippen LogP contribution in [0, 0.1) is 15.5 Å². The van der Waals surface area contributed by atoms with Crippen molar-refractivity contribution in [3.05, 3.63) is 95.5 Å². The van der Waals surface area contributed by atoms with E-state index in [1.54, 1.807) is 38.4 Å². The van der Waals surface area contributed by atoms with Crippen molar-refractivity contribution in [2.24, 2.45) is 5.73 Å². The van der Waals surface area contributed by atoms with E-state index in [2.05, 4.69) is 4.98 Å². The average Bonchev–Trinajstić information content (AvgIpc) is 3.90. The van der Waals surface area contributed by atoms with Gasteiger partial charge < -0.3 is 20.5 Å². The summed E-state index contributed by atoms with van der Waals surface area (Å²) in [7, 11) is 6.17. The maximum atomic E-state index is 13.4. The molecule has 0 atom stereocenters. The molecule has 0 aliphatic heterocycles. The minimum atomic E-state index is -0.545. The second-order valence-electron chi connectivity index (χ2n) is 11.0. The molecule has 4 N–H and O–H groups in total. The van der Waals surface area contributed by atoms with Crippen LogP contribution in [-0.4, -0.2) is 93.1 Å². The van der Waals surface area contributed by atoms with E-state index < -0.39 is 22.9 Å². The fraction of sp³-hybridized carbons (Fsp3) is 0.194. The molecule has 0 aliphatic rings. The Labute approximate surface area is 273 Å². The molecule has 48 heavy (non-hydrogen) atoms. The van der Waals surface area contributed by atoms with E-state index in [0.29, 0.717) is 22.6 Å². The monoisotopic (exact) mass is 655 g/mol. The SMILES string of the molecule is CN(CCC(=N)N)C(=O)n1ccc(N(C)C(=O)n2ccc(N(C)C(=O)n3ccc(N(C)C(=O)c4c[nH]c5cccc([N+](=O)[O-])c45)c3)c2)c1. The van der Waals surface area contributed by atoms with Crippen LogP contribution in [0.15, 0.2) is 79.8 Å². The van der Waals surface area contributed by atoms with Crippen LogP contribution in [0.4, 0.5) is 37.1 Å². The quantitative estimate of drug-likeness (QED) is 0.0961. The summed E-state index contributed by atoms with van der Waals surface area (Å²) in [6, 6.07) is 7.99. The molecule has 5 aromatic rings. The molecule has 0 unspecified atom stereocenters. The van der Waals surface area contributed by atoms with Crippen LogP contribution in [-0.2, 0) is 0 Å². The van der Waals surface area contributed by atoms with Gasteiger partial charge in [-0.25, -0.2) is 14.4 Å². The van der Waals surface area contributed by atoms with Crippen LogP contribution < -0.4 is 20.4 Å². The van der Waals surface area contributed by atoms with Crippen molar-refractivity contribution >= 4 is 63.5 Å². The highest BCUT2D eigenvalue weighted by Crippen LogP contribution is 2.30. The molecule has 17 heteroatoms. The minimum Gasteiger partial charge on any atom is -0.388 e. The normalized spacial score (nSPS) is 10.9. The zero-order valence-electron chi connectivity index (χ0n) is 26.5. The number of amidine groups is 1. The largest absolute Gasteiger partial charge is 0.388 e. The smallest absolute Gasteiger partial charge is 0.332 e. The Kier molecular flexibility index (Phi) is 8.86. The Bertz CT molecular complexity index is 2070. The van der Waals surface area contributed by atoms with Gasteiger partial charge in [0.25, 0.3) is 11.6 Å². The van der Waals surface area contributed by atoms with Crippen LogP contribution in [0.5, 0.6) is 0 Å². The number of fused-ring (bicyclic) bond motifs is 1. The number of nitrogens with zero attached hydrogens (tertiary/aromatic N) is 8. The lowest BCUT2D eigenvalue weighted by Crippen LogP contribution is -2.33. The number of benzene rings is 1. The highest BCUT2D eigenvalue weighted by Gasteiger charge is 2.25. The molecule has 0 radical (unpaired) electrons. The maximum Gasteiger partial charge on any atom is 0.332 e. The fourth-order valence-electron chi connectivity index (χ4n) is 5.04. The van der Waals surface area contributed by atoms with Crippen molar-refractivity contribution in [3.63, 3.8) is 0 Å². The summed E-state index contributed by atoms with van der Waals surface area (Å²) in [5.41, 5.74) is 6.98. The third-order valence-electron chi connectivity index (χ3n) is 7.89. The van der Waals surface area contributed by atoms with Crippen molar-refractivity contribution in [1.29, 1.82) is 5.41 Å². The number of aromatic amines is 1. The van der Waals surface area contributed by atoms with Gasteiger partial charge in [0.05, 0.1) is 44.3 Å². The van der Waals surface area contributed by atoms with Gasteiger partial charge in [0.15, 0.2) is 0 Å². The molecule has 0 aliphatic carbocycles. The number of nitrogens with one attached hydrogen (secondary N) is 2. The molecule has 0 saturated heterocycles. The van der Waals surface area contributed by atoms with Crippen LogP contribution in [0.25, 0.3) is 10.9 Å². The summed E-state index contributed by atoms with van der Waals surface area (Å²) < 4.78 is 3.90. The molecular weight excluding hydrogens is 622 g/mol. The number of nitrogens with two attached hydrogens (primary N) is 1. The van der Waals surface area contributed by atoms with E-state index >= 15 is 0 Å². The molecule has 0 saturated carbocycles. The maximum absolute atomic E-state index is 13.4. The summed E-state index contributed by atoms with van der Waals surface area (Å²) in [5.74, 6) is -0.531. The number of aromatic nitrogens is 4. The van der Waals surface area contributed by atoms with Crippen LogP contribution in [0.1, 0.15) is 16.8 Å². The highest BCUT2D eigenvalue weighted by atomic mass is 16.6. The van der Waals surface area contributed by atoms with Gasteiger partial charge in [-0.05, 0) is 24.3 Å². The third kappa shape index (κ3) is 6.23. The second kappa shape index (κ2) is 13.0. The lowest BCUT2D eigenvalue weighted by molar-refractivity contribution is -0.383. The molecule has 4 amide bonds. The molecule has 1 aromatic carbocycles. The number of nitro benzene ring substituents is 1. The minimum absolute atomic E-state index is 0.0252. The second-order valence-corrected chi connectivity index (χ2v) is 11.0. The Morgan fingerprint density at radius 2 is 1.31 bits per heavy atom. The zero-order valence-corrected chi connectivity index (χ0v) is 26.5. The number of hydrogen-bond acceptors (Lipinski definition) is 7. The summed E-state index contributed by atoms with van der Waals surface area (Å²) in [6.07, 6.45) is 10.6. The molecule has 0 spiro atoms. The summed E-state index contributed by atoms with van der Waals surface area (Å²) >= 11 is 0. The van der Waals surface area contributed by atoms with Gasteiger partial charge in [-0.15, -0.1) is 0 Å². The Balaban J connectivity index is 1.26. The van der Waals surface area contributed by atoms with Crippen LogP contribution in [0.2, 0.25) is 0 Å². The first-order valence-corrected chi connectivity index (χ1v) is 14.5. The summed E-state index contributed by atoms with van der Waals surface area (Å²) in [4.78, 5) is 72.0. The van der Waals surface area contributed by atoms with E-state index in [0.717, 1.165) is 0 Å². The number of amides is 4. The Morgan fingerprint density at radius 1 is 0.812 bits per heavy atom. The number of H-pyrrole nitrogens is 1. The Hall–Kier alpha value is -6.65. The standard InChI is InChI=1S/C31H33N11O6/c1-35(12-11-26(32)33)29(44)39-13-9-21(18-39)37(3)31(46)41-15-10-22(19-41)38(4)30(45)40-14-8-20(17-40)36(2)28(43)23-16-34-24-6-5-7-25(27(23)24)42(47)48/h5-10,13-19,34H,11-12H2,1-4H3,(H3,32,33). The number of hydrogen-bond donors (Lipinski definition) is 3. The topological polar surface area (TPSA) is 205 Å². The van der Waals surface area contributed by atoms with E-state index in [-0.39, 0.29) is 41.5 Å². The number of nitro groups is 1. The van der Waals surface area contributed by atoms with Crippen molar-refractivity contribution in [2.75, 3.05) is 49.4 Å². The number of anilines is 3. The average molecular weight is 656 g/mol. The lowest BCUT2D eigenvalue weighted by Gasteiger charge is -2.18. The molecule has 17 nitrogen and oxygen atoms in total. The van der Waals surface area contributed by atoms with Crippen molar-refractivity contribution in [2.45, 2.75) is 6.42 Å². The molecule has 0 bridgehead atoms. The number of carbonyl (C=O) groups excluding carboxylic acids is 4. The predicted octanol–water partition coefficient (Wildman–Crippen LogP) is 4.19. The molecule has 0 fully saturated rings. The first kappa shape index (κ1) is 32.7. The number of carbonyl (C=O) groups is 4. The summed E-state index contributed by atoms with van der Waals surface area (Å²) in [6.45, 7) is 0.270. The number of non-ortho nitro benzene ring substituents is 1. The first-order chi connectivity index (χ1) is 22.8. The third-order valence-corrected chi connectivity index (χ3v) is 7.89. The van der Waals surface area contributed by atoms with E-state index in [1.165, 1.54) is 103 Å². The molecule has 5 rings (SSSR count). The van der Waals surface area contributed by atoms with Crippen molar-refractivity contribution in [1.82, 2.24) is 23.6 Å². The van der Waals surface area contributed by atoms with E-state index in [4.69, 9.17) is 11.1 Å². The van der Waals surface area contributed by atoms with Crippen LogP contribution in [0.3, 0.4) is 0 Å². The Morgan fingerprint density at radius 3 is 1.81 bits per heavy atom. The molecular formula is C31H33N11O6. The molecule has 4 heterocycles. The van der Waals surface area contributed by atoms with Crippen molar-refractivity contribution < 1.29 is 24.1 Å². The summed E-state index contributed by atoms with van der Waals surface area (Å²) in [5, 5.41) is 19.1. The van der Waals surface area contributed by atoms with E-state index in [1.807, 2.05) is 0 Å². The van der Waals surface area contributed by atoms with Crippen LogP contribution >= 0.6 is 0 Å². The van der Waals surface area contributed by atoms with Gasteiger partial charge in [-0.3, -0.25) is 43.8 Å². The molecule has 4 aromatic heterocycles. The number of rotatable bonds is 8.